The van der Waals surface area contributed by atoms with Crippen molar-refractivity contribution < 1.29 is 14.3 Å². The Balaban J connectivity index is 1.70. The fourth-order valence-electron chi connectivity index (χ4n) is 2.71. The molecule has 0 aliphatic carbocycles. The molecular weight excluding hydrogens is 303 g/mol. The minimum absolute atomic E-state index is 0.00167. The maximum absolute atomic E-state index is 12.9. The summed E-state index contributed by atoms with van der Waals surface area (Å²) in [5.74, 6) is -0.374. The number of thiazole rings is 1. The van der Waals surface area contributed by atoms with Crippen molar-refractivity contribution in [3.63, 3.8) is 0 Å². The van der Waals surface area contributed by atoms with Crippen LogP contribution in [-0.2, 0) is 6.42 Å². The predicted octanol–water partition coefficient (Wildman–Crippen LogP) is 2.47. The first-order valence-corrected chi connectivity index (χ1v) is 8.16. The van der Waals surface area contributed by atoms with Crippen LogP contribution in [0, 0.1) is 5.82 Å². The van der Waals surface area contributed by atoms with E-state index in [2.05, 4.69) is 4.98 Å². The van der Waals surface area contributed by atoms with Gasteiger partial charge in [0.2, 0.25) is 0 Å². The van der Waals surface area contributed by atoms with Gasteiger partial charge in [-0.25, -0.2) is 9.37 Å². The second kappa shape index (κ2) is 6.54. The molecule has 0 unspecified atom stereocenters. The third-order valence-electron chi connectivity index (χ3n) is 3.89. The number of nitrogens with zero attached hydrogens (tertiary/aromatic N) is 2. The first kappa shape index (κ1) is 15.1. The Morgan fingerprint density at radius 1 is 1.41 bits per heavy atom. The summed E-state index contributed by atoms with van der Waals surface area (Å²) >= 11 is 1.43. The van der Waals surface area contributed by atoms with Crippen molar-refractivity contribution >= 4 is 17.2 Å². The number of carbonyl (C=O) groups excluding carboxylic acids is 1. The van der Waals surface area contributed by atoms with E-state index in [1.807, 2.05) is 0 Å². The summed E-state index contributed by atoms with van der Waals surface area (Å²) in [4.78, 5) is 18.5. The zero-order valence-electron chi connectivity index (χ0n) is 12.0. The first-order chi connectivity index (χ1) is 10.7. The van der Waals surface area contributed by atoms with Crippen LogP contribution in [0.2, 0.25) is 0 Å². The summed E-state index contributed by atoms with van der Waals surface area (Å²) in [5, 5.41) is 11.9. The molecule has 3 rings (SSSR count). The Hall–Kier alpha value is -1.79. The van der Waals surface area contributed by atoms with Crippen LogP contribution in [0.15, 0.2) is 29.6 Å². The number of hydrogen-bond acceptors (Lipinski definition) is 4. The Morgan fingerprint density at radius 2 is 2.18 bits per heavy atom. The third-order valence-corrected chi connectivity index (χ3v) is 4.74. The molecule has 1 aliphatic heterocycles. The van der Waals surface area contributed by atoms with E-state index >= 15 is 0 Å². The number of rotatable bonds is 4. The lowest BCUT2D eigenvalue weighted by atomic mass is 10.1. The quantitative estimate of drug-likeness (QED) is 0.941. The van der Waals surface area contributed by atoms with Crippen molar-refractivity contribution in [2.75, 3.05) is 13.2 Å². The molecule has 0 spiro atoms. The Kier molecular flexibility index (Phi) is 4.49. The molecule has 1 aromatic heterocycles. The summed E-state index contributed by atoms with van der Waals surface area (Å²) in [6.07, 6.45) is 2.35. The summed E-state index contributed by atoms with van der Waals surface area (Å²) < 4.78 is 12.9. The average molecular weight is 320 g/mol. The molecule has 1 aromatic carbocycles. The maximum atomic E-state index is 12.9. The predicted molar refractivity (Wildman–Crippen MR) is 82.5 cm³/mol. The molecule has 2 heterocycles. The van der Waals surface area contributed by atoms with Gasteiger partial charge in [0.15, 0.2) is 0 Å². The zero-order valence-corrected chi connectivity index (χ0v) is 12.9. The van der Waals surface area contributed by atoms with E-state index in [4.69, 9.17) is 0 Å². The van der Waals surface area contributed by atoms with E-state index in [0.717, 1.165) is 23.4 Å². The molecule has 1 aliphatic rings. The van der Waals surface area contributed by atoms with Gasteiger partial charge in [-0.3, -0.25) is 4.79 Å². The highest BCUT2D eigenvalue weighted by Crippen LogP contribution is 2.22. The molecule has 1 amide bonds. The first-order valence-electron chi connectivity index (χ1n) is 7.28. The third kappa shape index (κ3) is 3.18. The van der Waals surface area contributed by atoms with Crippen LogP contribution in [0.5, 0.6) is 0 Å². The van der Waals surface area contributed by atoms with Crippen LogP contribution >= 0.6 is 11.3 Å². The molecule has 0 saturated carbocycles. The second-order valence-electron chi connectivity index (χ2n) is 5.41. The van der Waals surface area contributed by atoms with Crippen molar-refractivity contribution in [2.24, 2.45) is 0 Å². The molecule has 1 N–H and O–H groups in total. The number of likely N-dealkylation sites (tertiary alicyclic amines) is 1. The number of aliphatic hydroxyl groups excluding tert-OH is 1. The standard InChI is InChI=1S/C16H17FN2O2S/c17-12-5-3-11(4-6-12)8-15-18-14(10-22-15)16(21)19-7-1-2-13(19)9-20/h3-6,10,13,20H,1-2,7-9H2/t13-/m0/s1. The van der Waals surface area contributed by atoms with Crippen molar-refractivity contribution in [2.45, 2.75) is 25.3 Å². The summed E-state index contributed by atoms with van der Waals surface area (Å²) in [6, 6.07) is 6.20. The highest BCUT2D eigenvalue weighted by atomic mass is 32.1. The number of aromatic nitrogens is 1. The summed E-state index contributed by atoms with van der Waals surface area (Å²) in [7, 11) is 0. The zero-order chi connectivity index (χ0) is 15.5. The largest absolute Gasteiger partial charge is 0.394 e. The molecule has 1 atom stereocenters. The van der Waals surface area contributed by atoms with Gasteiger partial charge in [-0.2, -0.15) is 0 Å². The summed E-state index contributed by atoms with van der Waals surface area (Å²) in [5.41, 5.74) is 1.40. The van der Waals surface area contributed by atoms with E-state index in [1.54, 1.807) is 22.4 Å². The van der Waals surface area contributed by atoms with Gasteiger partial charge < -0.3 is 10.0 Å². The van der Waals surface area contributed by atoms with Crippen LogP contribution in [0.25, 0.3) is 0 Å². The fourth-order valence-corrected chi connectivity index (χ4v) is 3.51. The molecular formula is C16H17FN2O2S. The Labute approximate surface area is 132 Å². The number of hydrogen-bond donors (Lipinski definition) is 1. The molecule has 22 heavy (non-hydrogen) atoms. The van der Waals surface area contributed by atoms with Crippen molar-refractivity contribution in [1.82, 2.24) is 9.88 Å². The van der Waals surface area contributed by atoms with Crippen molar-refractivity contribution in [3.05, 3.63) is 51.7 Å². The molecule has 2 aromatic rings. The van der Waals surface area contributed by atoms with E-state index < -0.39 is 0 Å². The lowest BCUT2D eigenvalue weighted by Crippen LogP contribution is -2.37. The SMILES string of the molecule is O=C(c1csc(Cc2ccc(F)cc2)n1)N1CCC[C@H]1CO. The number of benzene rings is 1. The monoisotopic (exact) mass is 320 g/mol. The van der Waals surface area contributed by atoms with E-state index in [9.17, 15) is 14.3 Å². The number of carbonyl (C=O) groups is 1. The van der Waals surface area contributed by atoms with E-state index in [-0.39, 0.29) is 24.4 Å². The van der Waals surface area contributed by atoms with Gasteiger partial charge in [0, 0.05) is 18.3 Å². The van der Waals surface area contributed by atoms with Gasteiger partial charge in [0.25, 0.3) is 5.91 Å². The smallest absolute Gasteiger partial charge is 0.273 e. The lowest BCUT2D eigenvalue weighted by molar-refractivity contribution is 0.0672. The van der Waals surface area contributed by atoms with E-state index in [0.29, 0.717) is 18.7 Å². The molecule has 116 valence electrons. The van der Waals surface area contributed by atoms with Crippen LogP contribution in [0.4, 0.5) is 4.39 Å². The minimum atomic E-state index is -0.261. The van der Waals surface area contributed by atoms with Gasteiger partial charge in [0.05, 0.1) is 17.7 Å². The van der Waals surface area contributed by atoms with E-state index in [1.165, 1.54) is 23.5 Å². The highest BCUT2D eigenvalue weighted by molar-refractivity contribution is 7.09. The van der Waals surface area contributed by atoms with Gasteiger partial charge in [-0.05, 0) is 30.5 Å². The summed E-state index contributed by atoms with van der Waals surface area (Å²) in [6.45, 7) is 0.674. The number of aliphatic hydroxyl groups is 1. The second-order valence-corrected chi connectivity index (χ2v) is 6.35. The molecule has 0 bridgehead atoms. The molecule has 6 heteroatoms. The van der Waals surface area contributed by atoms with Crippen molar-refractivity contribution in [1.29, 1.82) is 0 Å². The number of halogens is 1. The Bertz CT molecular complexity index is 656. The van der Waals surface area contributed by atoms with Gasteiger partial charge in [-0.15, -0.1) is 11.3 Å². The molecule has 1 saturated heterocycles. The number of amides is 1. The Morgan fingerprint density at radius 3 is 2.91 bits per heavy atom. The highest BCUT2D eigenvalue weighted by Gasteiger charge is 2.29. The molecule has 0 radical (unpaired) electrons. The van der Waals surface area contributed by atoms with Crippen LogP contribution in [0.3, 0.4) is 0 Å². The lowest BCUT2D eigenvalue weighted by Gasteiger charge is -2.21. The normalized spacial score (nSPS) is 17.9. The minimum Gasteiger partial charge on any atom is -0.394 e. The van der Waals surface area contributed by atoms with Crippen LogP contribution in [0.1, 0.15) is 33.9 Å². The average Bonchev–Trinajstić information content (AvgIpc) is 3.17. The fraction of sp³-hybridized carbons (Fsp3) is 0.375. The molecule has 1 fully saturated rings. The van der Waals surface area contributed by atoms with Gasteiger partial charge in [-0.1, -0.05) is 12.1 Å². The van der Waals surface area contributed by atoms with Crippen LogP contribution < -0.4 is 0 Å². The maximum Gasteiger partial charge on any atom is 0.273 e. The van der Waals surface area contributed by atoms with Gasteiger partial charge in [0.1, 0.15) is 11.5 Å². The topological polar surface area (TPSA) is 53.4 Å². The van der Waals surface area contributed by atoms with Crippen LogP contribution in [-0.4, -0.2) is 40.1 Å². The molecule has 4 nitrogen and oxygen atoms in total. The van der Waals surface area contributed by atoms with Crippen molar-refractivity contribution in [3.8, 4) is 0 Å². The van der Waals surface area contributed by atoms with Gasteiger partial charge >= 0.3 is 0 Å².